The second kappa shape index (κ2) is 7.70. The summed E-state index contributed by atoms with van der Waals surface area (Å²) >= 11 is 1.36. The molecule has 2 heterocycles. The maximum Gasteiger partial charge on any atom is 0.234 e. The molecular formula is C18H16N4OS. The zero-order valence-electron chi connectivity index (χ0n) is 13.1. The predicted octanol–water partition coefficient (Wildman–Crippen LogP) is 3.58. The van der Waals surface area contributed by atoms with E-state index in [1.807, 2.05) is 55.5 Å². The van der Waals surface area contributed by atoms with Crippen LogP contribution in [-0.4, -0.2) is 26.8 Å². The third-order valence-electron chi connectivity index (χ3n) is 3.27. The van der Waals surface area contributed by atoms with E-state index in [2.05, 4.69) is 20.5 Å². The van der Waals surface area contributed by atoms with Crippen molar-refractivity contribution in [3.63, 3.8) is 0 Å². The first-order chi connectivity index (χ1) is 11.7. The molecule has 2 aromatic heterocycles. The van der Waals surface area contributed by atoms with E-state index in [0.29, 0.717) is 5.03 Å². The summed E-state index contributed by atoms with van der Waals surface area (Å²) in [7, 11) is 0. The molecule has 6 heteroatoms. The Hall–Kier alpha value is -2.73. The first-order valence-electron chi connectivity index (χ1n) is 7.44. The van der Waals surface area contributed by atoms with Gasteiger partial charge in [-0.3, -0.25) is 9.78 Å². The number of nitrogens with zero attached hydrogens (tertiary/aromatic N) is 3. The molecule has 0 radical (unpaired) electrons. The van der Waals surface area contributed by atoms with Crippen molar-refractivity contribution in [2.24, 2.45) is 0 Å². The minimum atomic E-state index is -0.0642. The normalized spacial score (nSPS) is 10.4. The summed E-state index contributed by atoms with van der Waals surface area (Å²) in [6.45, 7) is 1.99. The van der Waals surface area contributed by atoms with Crippen LogP contribution >= 0.6 is 11.8 Å². The van der Waals surface area contributed by atoms with Crippen molar-refractivity contribution in [1.82, 2.24) is 15.2 Å². The van der Waals surface area contributed by atoms with Gasteiger partial charge < -0.3 is 5.32 Å². The summed E-state index contributed by atoms with van der Waals surface area (Å²) in [6.07, 6.45) is 3.44. The number of hydrogen-bond acceptors (Lipinski definition) is 5. The van der Waals surface area contributed by atoms with Crippen molar-refractivity contribution in [2.45, 2.75) is 11.9 Å². The zero-order valence-corrected chi connectivity index (χ0v) is 14.0. The standard InChI is InChI=1S/C18H16N4OS/c1-13-3-2-4-15(11-13)20-17(23)12-24-18-6-5-16(21-22-18)14-7-9-19-10-8-14/h2-11H,12H2,1H3,(H,20,23). The predicted molar refractivity (Wildman–Crippen MR) is 95.8 cm³/mol. The van der Waals surface area contributed by atoms with Gasteiger partial charge in [0.2, 0.25) is 5.91 Å². The molecule has 1 amide bonds. The zero-order chi connectivity index (χ0) is 16.8. The number of benzene rings is 1. The molecular weight excluding hydrogens is 320 g/mol. The van der Waals surface area contributed by atoms with Gasteiger partial charge >= 0.3 is 0 Å². The number of amides is 1. The Morgan fingerprint density at radius 2 is 1.92 bits per heavy atom. The van der Waals surface area contributed by atoms with Crippen LogP contribution in [0.3, 0.4) is 0 Å². The van der Waals surface area contributed by atoms with E-state index in [1.54, 1.807) is 12.4 Å². The van der Waals surface area contributed by atoms with Crippen LogP contribution in [0, 0.1) is 6.92 Å². The van der Waals surface area contributed by atoms with Crippen LogP contribution in [-0.2, 0) is 4.79 Å². The highest BCUT2D eigenvalue weighted by molar-refractivity contribution is 7.99. The van der Waals surface area contributed by atoms with Crippen molar-refractivity contribution < 1.29 is 4.79 Å². The fourth-order valence-corrected chi connectivity index (χ4v) is 2.75. The Morgan fingerprint density at radius 1 is 1.08 bits per heavy atom. The van der Waals surface area contributed by atoms with Gasteiger partial charge in [-0.05, 0) is 48.9 Å². The third-order valence-corrected chi connectivity index (χ3v) is 4.19. The molecule has 0 unspecified atom stereocenters. The van der Waals surface area contributed by atoms with Gasteiger partial charge in [0.15, 0.2) is 0 Å². The molecule has 0 bridgehead atoms. The molecule has 0 fully saturated rings. The van der Waals surface area contributed by atoms with Crippen molar-refractivity contribution in [3.8, 4) is 11.3 Å². The molecule has 0 aliphatic rings. The lowest BCUT2D eigenvalue weighted by atomic mass is 10.2. The quantitative estimate of drug-likeness (QED) is 0.721. The van der Waals surface area contributed by atoms with Gasteiger partial charge in [0, 0.05) is 23.6 Å². The molecule has 0 aliphatic heterocycles. The Labute approximate surface area is 144 Å². The number of carbonyl (C=O) groups excluding carboxylic acids is 1. The fourth-order valence-electron chi connectivity index (χ4n) is 2.13. The number of aryl methyl sites for hydroxylation is 1. The second-order valence-electron chi connectivity index (χ2n) is 5.20. The monoisotopic (exact) mass is 336 g/mol. The minimum Gasteiger partial charge on any atom is -0.325 e. The van der Waals surface area contributed by atoms with E-state index in [4.69, 9.17) is 0 Å². The summed E-state index contributed by atoms with van der Waals surface area (Å²) in [4.78, 5) is 16.0. The van der Waals surface area contributed by atoms with Crippen LogP contribution in [0.5, 0.6) is 0 Å². The summed E-state index contributed by atoms with van der Waals surface area (Å²) < 4.78 is 0. The average molecular weight is 336 g/mol. The molecule has 1 N–H and O–H groups in total. The van der Waals surface area contributed by atoms with Crippen LogP contribution in [0.4, 0.5) is 5.69 Å². The van der Waals surface area contributed by atoms with Gasteiger partial charge in [-0.2, -0.15) is 0 Å². The first-order valence-corrected chi connectivity index (χ1v) is 8.43. The first kappa shape index (κ1) is 16.1. The topological polar surface area (TPSA) is 67.8 Å². The SMILES string of the molecule is Cc1cccc(NC(=O)CSc2ccc(-c3ccncc3)nn2)c1. The van der Waals surface area contributed by atoms with Crippen molar-refractivity contribution in [2.75, 3.05) is 11.1 Å². The number of aromatic nitrogens is 3. The molecule has 0 saturated carbocycles. The van der Waals surface area contributed by atoms with Crippen LogP contribution in [0.25, 0.3) is 11.3 Å². The number of pyridine rings is 1. The summed E-state index contributed by atoms with van der Waals surface area (Å²) in [5, 5.41) is 11.9. The van der Waals surface area contributed by atoms with E-state index in [-0.39, 0.29) is 11.7 Å². The number of rotatable bonds is 5. The van der Waals surface area contributed by atoms with E-state index in [1.165, 1.54) is 11.8 Å². The maximum absolute atomic E-state index is 12.0. The summed E-state index contributed by atoms with van der Waals surface area (Å²) in [6, 6.07) is 15.2. The summed E-state index contributed by atoms with van der Waals surface area (Å²) in [5.74, 6) is 0.225. The highest BCUT2D eigenvalue weighted by Gasteiger charge is 2.06. The van der Waals surface area contributed by atoms with E-state index >= 15 is 0 Å². The molecule has 0 aliphatic carbocycles. The largest absolute Gasteiger partial charge is 0.325 e. The van der Waals surface area contributed by atoms with Crippen LogP contribution in [0.2, 0.25) is 0 Å². The van der Waals surface area contributed by atoms with Gasteiger partial charge in [-0.15, -0.1) is 10.2 Å². The molecule has 0 spiro atoms. The highest BCUT2D eigenvalue weighted by atomic mass is 32.2. The number of hydrogen-bond donors (Lipinski definition) is 1. The van der Waals surface area contributed by atoms with Crippen LogP contribution in [0.15, 0.2) is 66.0 Å². The van der Waals surface area contributed by atoms with Gasteiger partial charge in [-0.1, -0.05) is 23.9 Å². The molecule has 3 aromatic rings. The Balaban J connectivity index is 1.56. The molecule has 0 atom stereocenters. The molecule has 5 nitrogen and oxygen atoms in total. The fraction of sp³-hybridized carbons (Fsp3) is 0.111. The maximum atomic E-state index is 12.0. The highest BCUT2D eigenvalue weighted by Crippen LogP contribution is 2.19. The Kier molecular flexibility index (Phi) is 5.18. The van der Waals surface area contributed by atoms with Crippen LogP contribution in [0.1, 0.15) is 5.56 Å². The number of thioether (sulfide) groups is 1. The Morgan fingerprint density at radius 3 is 2.62 bits per heavy atom. The molecule has 120 valence electrons. The lowest BCUT2D eigenvalue weighted by Gasteiger charge is -2.06. The number of carbonyl (C=O) groups is 1. The number of anilines is 1. The summed E-state index contributed by atoms with van der Waals surface area (Å²) in [5.41, 5.74) is 3.66. The van der Waals surface area contributed by atoms with Crippen molar-refractivity contribution >= 4 is 23.4 Å². The van der Waals surface area contributed by atoms with E-state index < -0.39 is 0 Å². The molecule has 0 saturated heterocycles. The average Bonchev–Trinajstić information content (AvgIpc) is 2.61. The van der Waals surface area contributed by atoms with Gasteiger partial charge in [0.05, 0.1) is 11.4 Å². The van der Waals surface area contributed by atoms with Crippen molar-refractivity contribution in [3.05, 3.63) is 66.5 Å². The lowest BCUT2D eigenvalue weighted by Crippen LogP contribution is -2.14. The number of nitrogens with one attached hydrogen (secondary N) is 1. The smallest absolute Gasteiger partial charge is 0.234 e. The van der Waals surface area contributed by atoms with E-state index in [0.717, 1.165) is 22.5 Å². The molecule has 1 aromatic carbocycles. The second-order valence-corrected chi connectivity index (χ2v) is 6.19. The van der Waals surface area contributed by atoms with Crippen molar-refractivity contribution in [1.29, 1.82) is 0 Å². The van der Waals surface area contributed by atoms with Crippen LogP contribution < -0.4 is 5.32 Å². The minimum absolute atomic E-state index is 0.0642. The molecule has 3 rings (SSSR count). The van der Waals surface area contributed by atoms with E-state index in [9.17, 15) is 4.79 Å². The van der Waals surface area contributed by atoms with Gasteiger partial charge in [0.1, 0.15) is 5.03 Å². The third kappa shape index (κ3) is 4.39. The van der Waals surface area contributed by atoms with Gasteiger partial charge in [0.25, 0.3) is 0 Å². The lowest BCUT2D eigenvalue weighted by molar-refractivity contribution is -0.113. The molecule has 24 heavy (non-hydrogen) atoms. The van der Waals surface area contributed by atoms with Gasteiger partial charge in [-0.25, -0.2) is 0 Å². The Bertz CT molecular complexity index is 822.